The van der Waals surface area contributed by atoms with Crippen molar-refractivity contribution in [3.05, 3.63) is 117 Å². The van der Waals surface area contributed by atoms with E-state index in [-0.39, 0.29) is 33.8 Å². The summed E-state index contributed by atoms with van der Waals surface area (Å²) in [7, 11) is 0. The van der Waals surface area contributed by atoms with Crippen molar-refractivity contribution in [3.8, 4) is 22.5 Å². The fraction of sp³-hybridized carbons (Fsp3) is 0.189. The van der Waals surface area contributed by atoms with Gasteiger partial charge in [-0.3, -0.25) is 4.79 Å². The summed E-state index contributed by atoms with van der Waals surface area (Å²) in [6.07, 6.45) is -8.93. The van der Waals surface area contributed by atoms with Crippen molar-refractivity contribution in [1.29, 1.82) is 0 Å². The van der Waals surface area contributed by atoms with Crippen LogP contribution in [-0.4, -0.2) is 45.3 Å². The Hall–Kier alpha value is -3.90. The first kappa shape index (κ1) is 43.2. The molecule has 292 valence electrons. The van der Waals surface area contributed by atoms with E-state index in [4.69, 9.17) is 23.2 Å². The van der Waals surface area contributed by atoms with E-state index in [0.29, 0.717) is 43.5 Å². The van der Waals surface area contributed by atoms with Crippen LogP contribution in [0, 0.1) is 6.92 Å². The number of aryl methyl sites for hydroxylation is 1. The number of fused-ring (bicyclic) bond motifs is 2. The molecule has 0 radical (unpaired) electrons. The summed E-state index contributed by atoms with van der Waals surface area (Å²) < 4.78 is 81.5. The molecule has 7 rings (SSSR count). The van der Waals surface area contributed by atoms with Gasteiger partial charge in [0, 0.05) is 16.5 Å². The number of hydrogen-bond acceptors (Lipinski definition) is 6. The largest absolute Gasteiger partial charge is 0.417 e. The number of hydrogen-bond donors (Lipinski definition) is 0. The number of urea groups is 1. The molecule has 1 fully saturated rings. The van der Waals surface area contributed by atoms with E-state index in [1.165, 1.54) is 28.2 Å². The number of aromatic nitrogens is 4. The molecular formula is C37H25Br3Cl2F6N6O2. The summed E-state index contributed by atoms with van der Waals surface area (Å²) in [6.45, 7) is 4.95. The van der Waals surface area contributed by atoms with Gasteiger partial charge in [0.05, 0.1) is 87.3 Å². The predicted molar refractivity (Wildman–Crippen MR) is 213 cm³/mol. The first-order valence-electron chi connectivity index (χ1n) is 16.0. The quantitative estimate of drug-likeness (QED) is 0.0759. The number of amides is 3. The van der Waals surface area contributed by atoms with Crippen LogP contribution in [0.25, 0.3) is 44.6 Å². The molecule has 3 heterocycles. The van der Waals surface area contributed by atoms with Gasteiger partial charge in [0.2, 0.25) is 0 Å². The van der Waals surface area contributed by atoms with Crippen molar-refractivity contribution in [1.82, 2.24) is 27.8 Å². The lowest BCUT2D eigenvalue weighted by molar-refractivity contribution is -0.137. The number of rotatable bonds is 3. The smallest absolute Gasteiger partial charge is 0.271 e. The highest BCUT2D eigenvalue weighted by atomic mass is 79.9. The van der Waals surface area contributed by atoms with Crippen LogP contribution in [0.3, 0.4) is 0 Å². The van der Waals surface area contributed by atoms with E-state index in [1.807, 2.05) is 0 Å². The zero-order valence-electron chi connectivity index (χ0n) is 28.9. The Morgan fingerprint density at radius 3 is 1.52 bits per heavy atom. The molecule has 8 nitrogen and oxygen atoms in total. The zero-order valence-corrected chi connectivity index (χ0v) is 35.2. The number of alkyl halides is 7. The van der Waals surface area contributed by atoms with Crippen molar-refractivity contribution in [3.63, 3.8) is 0 Å². The van der Waals surface area contributed by atoms with Gasteiger partial charge in [-0.2, -0.15) is 30.3 Å². The molecule has 0 N–H and O–H groups in total. The third-order valence-electron chi connectivity index (χ3n) is 8.17. The second-order valence-corrected chi connectivity index (χ2v) is 15.1. The second-order valence-electron chi connectivity index (χ2n) is 12.3. The number of para-hydroxylation sites is 2. The Bertz CT molecular complexity index is 2470. The minimum Gasteiger partial charge on any atom is -0.271 e. The summed E-state index contributed by atoms with van der Waals surface area (Å²) in [5.74, 6) is -0.278. The van der Waals surface area contributed by atoms with E-state index >= 15 is 0 Å². The molecule has 0 bridgehead atoms. The van der Waals surface area contributed by atoms with E-state index < -0.39 is 35.0 Å². The third-order valence-corrected chi connectivity index (χ3v) is 11.1. The van der Waals surface area contributed by atoms with Crippen LogP contribution in [-0.2, 0) is 22.5 Å². The molecule has 0 saturated carbocycles. The van der Waals surface area contributed by atoms with Crippen LogP contribution in [0.5, 0.6) is 0 Å². The number of imide groups is 1. The lowest BCUT2D eigenvalue weighted by atomic mass is 10.0. The summed E-state index contributed by atoms with van der Waals surface area (Å²) in [5.41, 5.74) is 0.783. The number of carbonyl (C=O) groups excluding carboxylic acids is 2. The maximum absolute atomic E-state index is 13.3. The van der Waals surface area contributed by atoms with Gasteiger partial charge >= 0.3 is 18.4 Å². The summed E-state index contributed by atoms with van der Waals surface area (Å²) in [6, 6.07) is 20.4. The number of nitrogens with zero attached hydrogens (tertiary/aromatic N) is 6. The molecule has 1 saturated heterocycles. The van der Waals surface area contributed by atoms with E-state index in [1.54, 1.807) is 69.3 Å². The maximum Gasteiger partial charge on any atom is 0.417 e. The third kappa shape index (κ3) is 8.96. The van der Waals surface area contributed by atoms with E-state index in [9.17, 15) is 35.9 Å². The summed E-state index contributed by atoms with van der Waals surface area (Å²) >= 11 is 21.3. The first-order valence-corrected chi connectivity index (χ1v) is 19.3. The van der Waals surface area contributed by atoms with Crippen LogP contribution >= 0.6 is 71.4 Å². The van der Waals surface area contributed by atoms with Crippen LogP contribution in [0.1, 0.15) is 36.4 Å². The van der Waals surface area contributed by atoms with E-state index in [0.717, 1.165) is 16.1 Å². The van der Waals surface area contributed by atoms with Gasteiger partial charge in [0.25, 0.3) is 5.91 Å². The Balaban J connectivity index is 0.000000171. The number of benzene rings is 4. The molecule has 3 amide bonds. The molecule has 4 aromatic carbocycles. The standard InChI is InChI=1S/C16H9BrClF3N2.C16H10ClF3N2.C5H6Br2N2O2/c17-8-13-14(9-4-1-2-5-10(9)16(19,20)21)23-15-11(18)6-3-7-12(15)22-13;1-9-14(10-5-2-3-6-11(10)16(18,19)20)22-15-12(17)7-4-8-13(15)21-9;1-5(2)3(10)8(6)4(11)9(5)7/h1-7H,8H2;2-8H,1H3;1-2H3. The predicted octanol–water partition coefficient (Wildman–Crippen LogP) is 12.8. The Labute approximate surface area is 351 Å². The fourth-order valence-electron chi connectivity index (χ4n) is 5.38. The van der Waals surface area contributed by atoms with Crippen molar-refractivity contribution < 1.29 is 35.9 Å². The van der Waals surface area contributed by atoms with Crippen molar-refractivity contribution >= 4 is 105 Å². The number of carbonyl (C=O) groups is 2. The summed E-state index contributed by atoms with van der Waals surface area (Å²) in [5, 5.41) is 0.988. The molecule has 0 atom stereocenters. The van der Waals surface area contributed by atoms with Crippen LogP contribution in [0.15, 0.2) is 84.9 Å². The number of halogens is 11. The minimum absolute atomic E-state index is 0.00168. The average molecular weight is 1010 g/mol. The zero-order chi connectivity index (χ0) is 41.3. The van der Waals surface area contributed by atoms with Crippen LogP contribution < -0.4 is 0 Å². The van der Waals surface area contributed by atoms with Gasteiger partial charge < -0.3 is 0 Å². The first-order chi connectivity index (χ1) is 26.2. The highest BCUT2D eigenvalue weighted by Gasteiger charge is 2.50. The average Bonchev–Trinajstić information content (AvgIpc) is 3.28. The van der Waals surface area contributed by atoms with Gasteiger partial charge in [0.15, 0.2) is 0 Å². The van der Waals surface area contributed by atoms with Gasteiger partial charge in [-0.05, 0) is 57.2 Å². The Morgan fingerprint density at radius 2 is 1.11 bits per heavy atom. The molecule has 0 unspecified atom stereocenters. The molecule has 1 aliphatic rings. The summed E-state index contributed by atoms with van der Waals surface area (Å²) in [4.78, 5) is 39.7. The Morgan fingerprint density at radius 1 is 0.661 bits per heavy atom. The minimum atomic E-state index is -4.47. The highest BCUT2D eigenvalue weighted by molar-refractivity contribution is 9.09. The molecule has 0 spiro atoms. The van der Waals surface area contributed by atoms with Crippen LogP contribution in [0.2, 0.25) is 10.0 Å². The van der Waals surface area contributed by atoms with Gasteiger partial charge in [0.1, 0.15) is 16.6 Å². The van der Waals surface area contributed by atoms with Gasteiger partial charge in [-0.15, -0.1) is 0 Å². The molecule has 19 heteroatoms. The molecule has 56 heavy (non-hydrogen) atoms. The topological polar surface area (TPSA) is 92.2 Å². The Kier molecular flexibility index (Phi) is 13.1. The van der Waals surface area contributed by atoms with Crippen molar-refractivity contribution in [2.45, 2.75) is 44.0 Å². The monoisotopic (exact) mass is 1010 g/mol. The molecule has 2 aromatic heterocycles. The molecule has 6 aromatic rings. The van der Waals surface area contributed by atoms with Crippen LogP contribution in [0.4, 0.5) is 31.1 Å². The van der Waals surface area contributed by atoms with Crippen molar-refractivity contribution in [2.24, 2.45) is 0 Å². The van der Waals surface area contributed by atoms with E-state index in [2.05, 4.69) is 68.2 Å². The normalized spacial score (nSPS) is 14.1. The molecule has 1 aliphatic heterocycles. The highest BCUT2D eigenvalue weighted by Crippen LogP contribution is 2.40. The van der Waals surface area contributed by atoms with Gasteiger partial charge in [-0.25, -0.2) is 28.7 Å². The van der Waals surface area contributed by atoms with Gasteiger partial charge in [-0.1, -0.05) is 87.7 Å². The lowest BCUT2D eigenvalue weighted by Crippen LogP contribution is -2.37. The lowest BCUT2D eigenvalue weighted by Gasteiger charge is -2.19. The maximum atomic E-state index is 13.3. The molecule has 0 aliphatic carbocycles. The second kappa shape index (κ2) is 16.9. The van der Waals surface area contributed by atoms with Crippen molar-refractivity contribution in [2.75, 3.05) is 0 Å². The SMILES string of the molecule is CC1(C)C(=O)N(Br)C(=O)N1Br.Cc1nc2cccc(Cl)c2nc1-c1ccccc1C(F)(F)F.FC(F)(F)c1ccccc1-c1nc2c(Cl)cccc2nc1CBr. The fourth-order valence-corrected chi connectivity index (χ4v) is 7.31. The molecular weight excluding hydrogens is 985 g/mol.